The van der Waals surface area contributed by atoms with Gasteiger partial charge in [-0.1, -0.05) is 68.4 Å². The van der Waals surface area contributed by atoms with Gasteiger partial charge in [0.1, 0.15) is 0 Å². The number of hydrogen-bond donors (Lipinski definition) is 0. The van der Waals surface area contributed by atoms with Crippen LogP contribution in [0.4, 0.5) is 0 Å². The molecule has 0 unspecified atom stereocenters. The van der Waals surface area contributed by atoms with Crippen molar-refractivity contribution in [2.45, 2.75) is 37.9 Å². The van der Waals surface area contributed by atoms with Gasteiger partial charge in [-0.2, -0.15) is 4.80 Å². The largest absolute Gasteiger partial charge is 0.231 e. The molecule has 0 amide bonds. The van der Waals surface area contributed by atoms with Gasteiger partial charge < -0.3 is 0 Å². The first-order valence-electron chi connectivity index (χ1n) is 6.94. The number of thioether (sulfide) groups is 1. The molecule has 0 bridgehead atoms. The third-order valence-corrected chi connectivity index (χ3v) is 3.87. The molecule has 0 radical (unpaired) electrons. The van der Waals surface area contributed by atoms with Crippen LogP contribution in [0.2, 0.25) is 0 Å². The van der Waals surface area contributed by atoms with Gasteiger partial charge in [0.15, 0.2) is 0 Å². The minimum atomic E-state index is 0.653. The number of hydrogen-bond acceptors (Lipinski definition) is 4. The van der Waals surface area contributed by atoms with E-state index in [9.17, 15) is 0 Å². The lowest BCUT2D eigenvalue weighted by atomic mass is 10.1. The molecule has 0 aliphatic rings. The highest BCUT2D eigenvalue weighted by atomic mass is 32.2. The van der Waals surface area contributed by atoms with E-state index in [2.05, 4.69) is 41.0 Å². The van der Waals surface area contributed by atoms with Gasteiger partial charge in [0.05, 0.1) is 6.54 Å². The topological polar surface area (TPSA) is 43.6 Å². The fraction of sp³-hybridized carbons (Fsp3) is 0.400. The van der Waals surface area contributed by atoms with Crippen molar-refractivity contribution < 1.29 is 0 Å². The van der Waals surface area contributed by atoms with Crippen LogP contribution < -0.4 is 0 Å². The molecule has 4 nitrogen and oxygen atoms in total. The molecule has 0 saturated carbocycles. The first kappa shape index (κ1) is 14.8. The van der Waals surface area contributed by atoms with Gasteiger partial charge >= 0.3 is 0 Å². The van der Waals surface area contributed by atoms with Crippen molar-refractivity contribution in [3.05, 3.63) is 42.0 Å². The van der Waals surface area contributed by atoms with Gasteiger partial charge in [-0.3, -0.25) is 0 Å². The summed E-state index contributed by atoms with van der Waals surface area (Å²) in [5.41, 5.74) is 2.28. The van der Waals surface area contributed by atoms with E-state index in [4.69, 9.17) is 0 Å². The number of aromatic nitrogens is 4. The van der Waals surface area contributed by atoms with Crippen molar-refractivity contribution in [2.24, 2.45) is 0 Å². The van der Waals surface area contributed by atoms with Gasteiger partial charge in [-0.15, -0.1) is 10.2 Å². The molecule has 0 aliphatic carbocycles. The average molecular weight is 288 g/mol. The van der Waals surface area contributed by atoms with Crippen LogP contribution in [0.25, 0.3) is 6.08 Å². The van der Waals surface area contributed by atoms with E-state index >= 15 is 0 Å². The van der Waals surface area contributed by atoms with E-state index in [-0.39, 0.29) is 0 Å². The molecular formula is C15H20N4S. The van der Waals surface area contributed by atoms with Crippen molar-refractivity contribution in [3.8, 4) is 0 Å². The smallest absolute Gasteiger partial charge is 0.159 e. The number of unbranched alkanes of at least 4 members (excludes halogenated alkanes) is 2. The van der Waals surface area contributed by atoms with Crippen LogP contribution in [0.3, 0.4) is 0 Å². The van der Waals surface area contributed by atoms with Crippen LogP contribution in [0.5, 0.6) is 0 Å². The summed E-state index contributed by atoms with van der Waals surface area (Å²) < 4.78 is 0. The van der Waals surface area contributed by atoms with Crippen LogP contribution >= 0.6 is 11.8 Å². The zero-order valence-corrected chi connectivity index (χ0v) is 12.6. The molecule has 0 spiro atoms. The lowest BCUT2D eigenvalue weighted by molar-refractivity contribution is 0.568. The molecular weight excluding hydrogens is 268 g/mol. The Balaban J connectivity index is 1.86. The molecule has 0 N–H and O–H groups in total. The van der Waals surface area contributed by atoms with Crippen LogP contribution in [-0.2, 0) is 6.54 Å². The van der Waals surface area contributed by atoms with Crippen molar-refractivity contribution in [1.82, 2.24) is 20.2 Å². The summed E-state index contributed by atoms with van der Waals surface area (Å²) in [6.45, 7) is 6.60. The number of tetrazole rings is 1. The minimum Gasteiger partial charge on any atom is -0.159 e. The van der Waals surface area contributed by atoms with Crippen molar-refractivity contribution in [3.63, 3.8) is 0 Å². The van der Waals surface area contributed by atoms with Gasteiger partial charge in [-0.25, -0.2) is 0 Å². The normalized spacial score (nSPS) is 10.7. The third kappa shape index (κ3) is 4.49. The second-order valence-corrected chi connectivity index (χ2v) is 5.67. The Bertz CT molecular complexity index is 533. The Hall–Kier alpha value is -1.62. The zero-order valence-electron chi connectivity index (χ0n) is 11.8. The molecule has 0 fully saturated rings. The Morgan fingerprint density at radius 1 is 1.25 bits per heavy atom. The molecule has 2 rings (SSSR count). The fourth-order valence-corrected chi connectivity index (χ4v) is 2.57. The molecule has 1 heterocycles. The van der Waals surface area contributed by atoms with E-state index in [1.54, 1.807) is 16.6 Å². The average Bonchev–Trinajstić information content (AvgIpc) is 2.92. The highest BCUT2D eigenvalue weighted by Crippen LogP contribution is 2.14. The number of benzene rings is 1. The lowest BCUT2D eigenvalue weighted by Gasteiger charge is -2.00. The number of nitrogens with zero attached hydrogens (tertiary/aromatic N) is 4. The van der Waals surface area contributed by atoms with Gasteiger partial charge in [0.25, 0.3) is 0 Å². The van der Waals surface area contributed by atoms with E-state index < -0.39 is 0 Å². The SMILES string of the molecule is C=Cc1ccc(Cn2nnc(SCCCCC)n2)cc1. The zero-order chi connectivity index (χ0) is 14.2. The Kier molecular flexibility index (Phi) is 5.80. The molecule has 5 heteroatoms. The summed E-state index contributed by atoms with van der Waals surface area (Å²) >= 11 is 1.68. The molecule has 1 aromatic carbocycles. The lowest BCUT2D eigenvalue weighted by Crippen LogP contribution is -2.03. The molecule has 0 atom stereocenters. The summed E-state index contributed by atoms with van der Waals surface area (Å²) in [6.07, 6.45) is 5.54. The van der Waals surface area contributed by atoms with Crippen LogP contribution in [-0.4, -0.2) is 26.0 Å². The highest BCUT2D eigenvalue weighted by molar-refractivity contribution is 7.99. The standard InChI is InChI=1S/C15H20N4S/c1-3-5-6-11-20-15-16-18-19(17-15)12-14-9-7-13(4-2)8-10-14/h4,7-10H,2-3,5-6,11-12H2,1H3. The Morgan fingerprint density at radius 3 is 2.75 bits per heavy atom. The fourth-order valence-electron chi connectivity index (χ4n) is 1.79. The highest BCUT2D eigenvalue weighted by Gasteiger charge is 2.04. The maximum atomic E-state index is 4.38. The maximum absolute atomic E-state index is 4.38. The summed E-state index contributed by atoms with van der Waals surface area (Å²) in [4.78, 5) is 1.64. The summed E-state index contributed by atoms with van der Waals surface area (Å²) in [7, 11) is 0. The van der Waals surface area contributed by atoms with E-state index in [0.29, 0.717) is 6.54 Å². The summed E-state index contributed by atoms with van der Waals surface area (Å²) in [6, 6.07) is 8.21. The summed E-state index contributed by atoms with van der Waals surface area (Å²) in [5, 5.41) is 13.3. The quantitative estimate of drug-likeness (QED) is 0.549. The van der Waals surface area contributed by atoms with E-state index in [0.717, 1.165) is 22.0 Å². The predicted octanol–water partition coefficient (Wildman–Crippen LogP) is 3.65. The number of rotatable bonds is 8. The first-order valence-corrected chi connectivity index (χ1v) is 7.92. The van der Waals surface area contributed by atoms with Crippen LogP contribution in [0, 0.1) is 0 Å². The van der Waals surface area contributed by atoms with E-state index in [1.807, 2.05) is 18.2 Å². The Labute approximate surface area is 124 Å². The van der Waals surface area contributed by atoms with Crippen molar-refractivity contribution >= 4 is 17.8 Å². The second kappa shape index (κ2) is 7.85. The van der Waals surface area contributed by atoms with Gasteiger partial charge in [0, 0.05) is 5.75 Å². The van der Waals surface area contributed by atoms with Gasteiger partial charge in [0.2, 0.25) is 5.16 Å². The minimum absolute atomic E-state index is 0.653. The third-order valence-electron chi connectivity index (χ3n) is 2.95. The molecule has 106 valence electrons. The molecule has 2 aromatic rings. The molecule has 0 saturated heterocycles. The van der Waals surface area contributed by atoms with Crippen molar-refractivity contribution in [2.75, 3.05) is 5.75 Å². The van der Waals surface area contributed by atoms with Crippen molar-refractivity contribution in [1.29, 1.82) is 0 Å². The molecule has 1 aromatic heterocycles. The predicted molar refractivity (Wildman–Crippen MR) is 83.7 cm³/mol. The molecule has 0 aliphatic heterocycles. The second-order valence-electron chi connectivity index (χ2n) is 4.60. The monoisotopic (exact) mass is 288 g/mol. The first-order chi connectivity index (χ1) is 9.81. The van der Waals surface area contributed by atoms with Crippen LogP contribution in [0.1, 0.15) is 37.3 Å². The maximum Gasteiger partial charge on any atom is 0.231 e. The summed E-state index contributed by atoms with van der Waals surface area (Å²) in [5.74, 6) is 1.06. The molecule has 20 heavy (non-hydrogen) atoms. The van der Waals surface area contributed by atoms with Gasteiger partial charge in [-0.05, 0) is 22.8 Å². The van der Waals surface area contributed by atoms with Crippen LogP contribution in [0.15, 0.2) is 36.0 Å². The Morgan fingerprint density at radius 2 is 2.05 bits per heavy atom. The van der Waals surface area contributed by atoms with E-state index in [1.165, 1.54) is 19.3 Å².